The topological polar surface area (TPSA) is 46.2 Å². The minimum atomic E-state index is -0.417. The van der Waals surface area contributed by atoms with Crippen LogP contribution in [0.15, 0.2) is 66.2 Å². The van der Waals surface area contributed by atoms with Gasteiger partial charge in [0.05, 0.1) is 5.92 Å². The van der Waals surface area contributed by atoms with Crippen molar-refractivity contribution < 1.29 is 9.59 Å². The molecule has 2 aromatic carbocycles. The van der Waals surface area contributed by atoms with Crippen LogP contribution in [0.3, 0.4) is 0 Å². The largest absolute Gasteiger partial charge is 0.292 e. The molecule has 1 unspecified atom stereocenters. The Bertz CT molecular complexity index is 690. The highest BCUT2D eigenvalue weighted by Gasteiger charge is 2.35. The van der Waals surface area contributed by atoms with Gasteiger partial charge < -0.3 is 0 Å². The lowest BCUT2D eigenvalue weighted by atomic mass is 9.92. The molecule has 2 amide bonds. The van der Waals surface area contributed by atoms with E-state index in [1.807, 2.05) is 60.7 Å². The number of imide groups is 1. The van der Waals surface area contributed by atoms with Gasteiger partial charge in [-0.3, -0.25) is 14.9 Å². The second kappa shape index (κ2) is 5.75. The van der Waals surface area contributed by atoms with Crippen LogP contribution in [0.1, 0.15) is 11.1 Å². The van der Waals surface area contributed by atoms with Crippen molar-refractivity contribution in [2.45, 2.75) is 6.42 Å². The molecule has 1 heterocycles. The van der Waals surface area contributed by atoms with Crippen LogP contribution in [0, 0.1) is 5.92 Å². The molecule has 1 saturated heterocycles. The molecule has 0 bridgehead atoms. The second-order valence-corrected chi connectivity index (χ2v) is 5.07. The van der Waals surface area contributed by atoms with Crippen molar-refractivity contribution in [1.29, 1.82) is 0 Å². The highest BCUT2D eigenvalue weighted by Crippen LogP contribution is 2.25. The van der Waals surface area contributed by atoms with Crippen molar-refractivity contribution in [1.82, 2.24) is 5.32 Å². The van der Waals surface area contributed by atoms with Crippen LogP contribution in [-0.4, -0.2) is 11.8 Å². The van der Waals surface area contributed by atoms with E-state index in [0.717, 1.165) is 11.1 Å². The van der Waals surface area contributed by atoms with E-state index in [2.05, 4.69) is 5.32 Å². The van der Waals surface area contributed by atoms with Gasteiger partial charge in [0, 0.05) is 5.57 Å². The van der Waals surface area contributed by atoms with Gasteiger partial charge in [-0.2, -0.15) is 0 Å². The molecule has 3 nitrogen and oxygen atoms in total. The van der Waals surface area contributed by atoms with Gasteiger partial charge in [0.15, 0.2) is 0 Å². The van der Waals surface area contributed by atoms with Gasteiger partial charge in [-0.05, 0) is 23.6 Å². The lowest BCUT2D eigenvalue weighted by Gasteiger charge is -2.08. The fourth-order valence-electron chi connectivity index (χ4n) is 2.52. The summed E-state index contributed by atoms with van der Waals surface area (Å²) >= 11 is 0. The summed E-state index contributed by atoms with van der Waals surface area (Å²) in [6.07, 6.45) is 2.34. The molecule has 0 aliphatic carbocycles. The molecule has 1 atom stereocenters. The first-order valence-electron chi connectivity index (χ1n) is 6.90. The SMILES string of the molecule is O=C1NC(=O)C(Cc2ccccc2)/C1=C/c1ccccc1. The highest BCUT2D eigenvalue weighted by atomic mass is 16.2. The molecule has 1 N–H and O–H groups in total. The van der Waals surface area contributed by atoms with E-state index in [-0.39, 0.29) is 11.8 Å². The third-order valence-electron chi connectivity index (χ3n) is 3.60. The number of benzene rings is 2. The Kier molecular flexibility index (Phi) is 3.65. The predicted octanol–water partition coefficient (Wildman–Crippen LogP) is 2.59. The molecule has 104 valence electrons. The summed E-state index contributed by atoms with van der Waals surface area (Å²) in [5, 5.41) is 2.41. The standard InChI is InChI=1S/C18H15NO2/c20-17-15(11-13-7-3-1-4-8-13)16(18(21)19-17)12-14-9-5-2-6-10-14/h1-11,16H,12H2,(H,19,20,21)/b15-11-. The summed E-state index contributed by atoms with van der Waals surface area (Å²) in [5.74, 6) is -0.920. The molecule has 2 aromatic rings. The van der Waals surface area contributed by atoms with E-state index < -0.39 is 5.92 Å². The summed E-state index contributed by atoms with van der Waals surface area (Å²) in [7, 11) is 0. The maximum atomic E-state index is 12.0. The number of rotatable bonds is 3. The monoisotopic (exact) mass is 277 g/mol. The molecular weight excluding hydrogens is 262 g/mol. The van der Waals surface area contributed by atoms with Gasteiger partial charge in [-0.1, -0.05) is 60.7 Å². The molecule has 1 fully saturated rings. The van der Waals surface area contributed by atoms with E-state index in [1.54, 1.807) is 6.08 Å². The number of carbonyl (C=O) groups excluding carboxylic acids is 2. The fraction of sp³-hybridized carbons (Fsp3) is 0.111. The van der Waals surface area contributed by atoms with Crippen LogP contribution in [0.4, 0.5) is 0 Å². The Balaban J connectivity index is 1.91. The van der Waals surface area contributed by atoms with Crippen molar-refractivity contribution in [3.8, 4) is 0 Å². The number of nitrogens with one attached hydrogen (secondary N) is 1. The van der Waals surface area contributed by atoms with E-state index in [1.165, 1.54) is 0 Å². The zero-order chi connectivity index (χ0) is 14.7. The average molecular weight is 277 g/mol. The number of hydrogen-bond acceptors (Lipinski definition) is 2. The van der Waals surface area contributed by atoms with Crippen molar-refractivity contribution in [3.63, 3.8) is 0 Å². The van der Waals surface area contributed by atoms with Crippen LogP contribution >= 0.6 is 0 Å². The second-order valence-electron chi connectivity index (χ2n) is 5.07. The number of hydrogen-bond donors (Lipinski definition) is 1. The minimum Gasteiger partial charge on any atom is -0.292 e. The molecule has 1 aliphatic heterocycles. The van der Waals surface area contributed by atoms with E-state index >= 15 is 0 Å². The van der Waals surface area contributed by atoms with E-state index in [4.69, 9.17) is 0 Å². The molecule has 0 radical (unpaired) electrons. The Morgan fingerprint density at radius 3 is 2.19 bits per heavy atom. The average Bonchev–Trinajstić information content (AvgIpc) is 2.76. The maximum absolute atomic E-state index is 12.0. The predicted molar refractivity (Wildman–Crippen MR) is 81.2 cm³/mol. The molecule has 3 rings (SSSR count). The van der Waals surface area contributed by atoms with Crippen molar-refractivity contribution in [3.05, 3.63) is 77.4 Å². The van der Waals surface area contributed by atoms with Crippen molar-refractivity contribution >= 4 is 17.9 Å². The van der Waals surface area contributed by atoms with Gasteiger partial charge in [0.1, 0.15) is 0 Å². The summed E-state index contributed by atoms with van der Waals surface area (Å²) in [5.41, 5.74) is 2.51. The van der Waals surface area contributed by atoms with Crippen LogP contribution in [0.2, 0.25) is 0 Å². The van der Waals surface area contributed by atoms with Crippen LogP contribution in [-0.2, 0) is 16.0 Å². The number of carbonyl (C=O) groups is 2. The minimum absolute atomic E-state index is 0.217. The lowest BCUT2D eigenvalue weighted by Crippen LogP contribution is -2.22. The molecule has 0 aromatic heterocycles. The fourth-order valence-corrected chi connectivity index (χ4v) is 2.52. The summed E-state index contributed by atoms with van der Waals surface area (Å²) in [4.78, 5) is 24.0. The molecule has 1 aliphatic rings. The van der Waals surface area contributed by atoms with Crippen LogP contribution in [0.25, 0.3) is 6.08 Å². The van der Waals surface area contributed by atoms with E-state index in [0.29, 0.717) is 12.0 Å². The molecule has 21 heavy (non-hydrogen) atoms. The third-order valence-corrected chi connectivity index (χ3v) is 3.60. The first kappa shape index (κ1) is 13.3. The van der Waals surface area contributed by atoms with Gasteiger partial charge >= 0.3 is 0 Å². The Morgan fingerprint density at radius 1 is 0.905 bits per heavy atom. The van der Waals surface area contributed by atoms with Crippen LogP contribution < -0.4 is 5.32 Å². The zero-order valence-electron chi connectivity index (χ0n) is 11.5. The Hall–Kier alpha value is -2.68. The summed E-state index contributed by atoms with van der Waals surface area (Å²) in [6, 6.07) is 19.3. The number of amides is 2. The molecule has 0 saturated carbocycles. The van der Waals surface area contributed by atoms with Crippen molar-refractivity contribution in [2.75, 3.05) is 0 Å². The first-order chi connectivity index (χ1) is 10.2. The Labute approximate surface area is 123 Å². The molecular formula is C18H15NO2. The lowest BCUT2D eigenvalue weighted by molar-refractivity contribution is -0.125. The highest BCUT2D eigenvalue weighted by molar-refractivity contribution is 6.17. The summed E-state index contributed by atoms with van der Waals surface area (Å²) < 4.78 is 0. The van der Waals surface area contributed by atoms with Crippen LogP contribution in [0.5, 0.6) is 0 Å². The van der Waals surface area contributed by atoms with Crippen molar-refractivity contribution in [2.24, 2.45) is 5.92 Å². The molecule has 3 heteroatoms. The smallest absolute Gasteiger partial charge is 0.254 e. The van der Waals surface area contributed by atoms with Gasteiger partial charge in [-0.15, -0.1) is 0 Å². The van der Waals surface area contributed by atoms with E-state index in [9.17, 15) is 9.59 Å². The normalized spacial score (nSPS) is 19.8. The molecule has 0 spiro atoms. The van der Waals surface area contributed by atoms with Gasteiger partial charge in [-0.25, -0.2) is 0 Å². The third kappa shape index (κ3) is 2.92. The quantitative estimate of drug-likeness (QED) is 0.692. The summed E-state index contributed by atoms with van der Waals surface area (Å²) in [6.45, 7) is 0. The zero-order valence-corrected chi connectivity index (χ0v) is 11.5. The first-order valence-corrected chi connectivity index (χ1v) is 6.90. The van der Waals surface area contributed by atoms with Gasteiger partial charge in [0.2, 0.25) is 5.91 Å². The maximum Gasteiger partial charge on any atom is 0.254 e. The Morgan fingerprint density at radius 2 is 1.52 bits per heavy atom. The van der Waals surface area contributed by atoms with Gasteiger partial charge in [0.25, 0.3) is 5.91 Å².